The van der Waals surface area contributed by atoms with Crippen molar-refractivity contribution < 1.29 is 23.2 Å². The van der Waals surface area contributed by atoms with E-state index in [9.17, 15) is 14.0 Å². The predicted octanol–water partition coefficient (Wildman–Crippen LogP) is 4.53. The van der Waals surface area contributed by atoms with Crippen LogP contribution in [0.15, 0.2) is 70.6 Å². The molecule has 29 heavy (non-hydrogen) atoms. The second-order valence-corrected chi connectivity index (χ2v) is 6.89. The van der Waals surface area contributed by atoms with Gasteiger partial charge in [0.1, 0.15) is 5.82 Å². The van der Waals surface area contributed by atoms with Crippen LogP contribution in [0.1, 0.15) is 31.5 Å². The Kier molecular flexibility index (Phi) is 5.26. The highest BCUT2D eigenvalue weighted by Gasteiger charge is 2.20. The number of rotatable bonds is 6. The lowest BCUT2D eigenvalue weighted by atomic mass is 10.0. The molecule has 8 heteroatoms. The first-order chi connectivity index (χ1) is 14.1. The molecule has 4 rings (SSSR count). The molecule has 0 unspecified atom stereocenters. The van der Waals surface area contributed by atoms with Crippen LogP contribution >= 0.6 is 11.3 Å². The molecule has 0 radical (unpaired) electrons. The number of aromatic nitrogens is 2. The van der Waals surface area contributed by atoms with E-state index in [1.807, 2.05) is 0 Å². The van der Waals surface area contributed by atoms with Gasteiger partial charge in [-0.3, -0.25) is 4.79 Å². The third-order valence-corrected chi connectivity index (χ3v) is 4.90. The number of ether oxygens (including phenoxy) is 1. The van der Waals surface area contributed by atoms with Crippen molar-refractivity contribution in [1.82, 2.24) is 10.1 Å². The van der Waals surface area contributed by atoms with Gasteiger partial charge in [-0.15, -0.1) is 11.3 Å². The van der Waals surface area contributed by atoms with Gasteiger partial charge in [0.05, 0.1) is 10.4 Å². The van der Waals surface area contributed by atoms with E-state index in [2.05, 4.69) is 10.1 Å². The molecule has 6 nitrogen and oxygen atoms in total. The second-order valence-electron chi connectivity index (χ2n) is 5.95. The number of nitrogens with zero attached hydrogens (tertiary/aromatic N) is 2. The summed E-state index contributed by atoms with van der Waals surface area (Å²) in [4.78, 5) is 29.8. The fourth-order valence-electron chi connectivity index (χ4n) is 2.63. The molecule has 0 N–H and O–H groups in total. The van der Waals surface area contributed by atoms with Crippen LogP contribution in [0.25, 0.3) is 11.4 Å². The standard InChI is InChI=1S/C21H13FN2O4S/c22-14-9-7-13(8-10-14)20-23-18(28-24-20)12-27-21(26)16-5-2-1-4-15(16)19(25)17-6-3-11-29-17/h1-11H,12H2. The molecule has 2 aromatic heterocycles. The lowest BCUT2D eigenvalue weighted by Crippen LogP contribution is -2.12. The molecule has 0 aliphatic heterocycles. The summed E-state index contributed by atoms with van der Waals surface area (Å²) in [6, 6.07) is 15.5. The van der Waals surface area contributed by atoms with Crippen LogP contribution in [-0.4, -0.2) is 21.9 Å². The normalized spacial score (nSPS) is 10.7. The molecule has 0 spiro atoms. The van der Waals surface area contributed by atoms with Crippen LogP contribution < -0.4 is 0 Å². The number of hydrogen-bond donors (Lipinski definition) is 0. The van der Waals surface area contributed by atoms with Gasteiger partial charge in [-0.25, -0.2) is 9.18 Å². The Morgan fingerprint density at radius 2 is 1.76 bits per heavy atom. The zero-order chi connectivity index (χ0) is 20.2. The Balaban J connectivity index is 1.47. The van der Waals surface area contributed by atoms with Gasteiger partial charge in [-0.1, -0.05) is 29.4 Å². The first kappa shape index (κ1) is 18.7. The molecule has 0 aliphatic carbocycles. The van der Waals surface area contributed by atoms with Gasteiger partial charge in [0.2, 0.25) is 11.6 Å². The lowest BCUT2D eigenvalue weighted by Gasteiger charge is -2.07. The number of benzene rings is 2. The molecular weight excluding hydrogens is 395 g/mol. The molecule has 0 saturated heterocycles. The molecular formula is C21H13FN2O4S. The van der Waals surface area contributed by atoms with E-state index in [-0.39, 0.29) is 41.0 Å². The fraction of sp³-hybridized carbons (Fsp3) is 0.0476. The number of carbonyl (C=O) groups is 2. The van der Waals surface area contributed by atoms with E-state index >= 15 is 0 Å². The zero-order valence-corrected chi connectivity index (χ0v) is 15.7. The van der Waals surface area contributed by atoms with Crippen LogP contribution in [0.5, 0.6) is 0 Å². The summed E-state index contributed by atoms with van der Waals surface area (Å²) >= 11 is 1.30. The average molecular weight is 408 g/mol. The Morgan fingerprint density at radius 1 is 1.00 bits per heavy atom. The molecule has 4 aromatic rings. The van der Waals surface area contributed by atoms with Crippen molar-refractivity contribution in [3.8, 4) is 11.4 Å². The largest absolute Gasteiger partial charge is 0.452 e. The summed E-state index contributed by atoms with van der Waals surface area (Å²) in [5.74, 6) is -0.956. The van der Waals surface area contributed by atoms with Gasteiger partial charge in [0, 0.05) is 11.1 Å². The smallest absolute Gasteiger partial charge is 0.339 e. The first-order valence-corrected chi connectivity index (χ1v) is 9.42. The van der Waals surface area contributed by atoms with Gasteiger partial charge < -0.3 is 9.26 Å². The maximum Gasteiger partial charge on any atom is 0.339 e. The Labute approximate surface area is 168 Å². The number of carbonyl (C=O) groups excluding carboxylic acids is 2. The summed E-state index contributed by atoms with van der Waals surface area (Å²) in [5.41, 5.74) is 0.987. The van der Waals surface area contributed by atoms with Gasteiger partial charge in [-0.2, -0.15) is 4.98 Å². The van der Waals surface area contributed by atoms with Crippen molar-refractivity contribution in [1.29, 1.82) is 0 Å². The van der Waals surface area contributed by atoms with Crippen molar-refractivity contribution in [3.63, 3.8) is 0 Å². The molecule has 0 fully saturated rings. The zero-order valence-electron chi connectivity index (χ0n) is 14.9. The summed E-state index contributed by atoms with van der Waals surface area (Å²) in [6.07, 6.45) is 0. The maximum absolute atomic E-state index is 13.0. The fourth-order valence-corrected chi connectivity index (χ4v) is 3.31. The van der Waals surface area contributed by atoms with Crippen molar-refractivity contribution in [2.24, 2.45) is 0 Å². The van der Waals surface area contributed by atoms with Crippen LogP contribution in [0.3, 0.4) is 0 Å². The molecule has 0 atom stereocenters. The van der Waals surface area contributed by atoms with Crippen LogP contribution in [0, 0.1) is 5.82 Å². The highest BCUT2D eigenvalue weighted by Crippen LogP contribution is 2.20. The summed E-state index contributed by atoms with van der Waals surface area (Å²) in [5, 5.41) is 5.59. The van der Waals surface area contributed by atoms with E-state index in [1.54, 1.807) is 35.7 Å². The van der Waals surface area contributed by atoms with Gasteiger partial charge in [0.15, 0.2) is 6.61 Å². The van der Waals surface area contributed by atoms with Crippen molar-refractivity contribution in [2.45, 2.75) is 6.61 Å². The van der Waals surface area contributed by atoms with Crippen molar-refractivity contribution in [2.75, 3.05) is 0 Å². The molecule has 0 aliphatic rings. The van der Waals surface area contributed by atoms with Crippen molar-refractivity contribution >= 4 is 23.1 Å². The average Bonchev–Trinajstić information content (AvgIpc) is 3.44. The number of hydrogen-bond acceptors (Lipinski definition) is 7. The Bertz CT molecular complexity index is 1150. The van der Waals surface area contributed by atoms with Gasteiger partial charge in [-0.05, 0) is 41.8 Å². The van der Waals surface area contributed by atoms with Crippen LogP contribution in [0.2, 0.25) is 0 Å². The van der Waals surface area contributed by atoms with Gasteiger partial charge >= 0.3 is 5.97 Å². The van der Waals surface area contributed by atoms with Gasteiger partial charge in [0.25, 0.3) is 5.89 Å². The molecule has 0 amide bonds. The number of esters is 1. The van der Waals surface area contributed by atoms with E-state index in [4.69, 9.17) is 9.26 Å². The third kappa shape index (κ3) is 4.12. The van der Waals surface area contributed by atoms with E-state index in [0.717, 1.165) is 0 Å². The summed E-state index contributed by atoms with van der Waals surface area (Å²) in [6.45, 7) is -0.255. The highest BCUT2D eigenvalue weighted by molar-refractivity contribution is 7.12. The molecule has 144 valence electrons. The summed E-state index contributed by atoms with van der Waals surface area (Å²) < 4.78 is 23.3. The predicted molar refractivity (Wildman–Crippen MR) is 103 cm³/mol. The molecule has 2 aromatic carbocycles. The number of halogens is 1. The van der Waals surface area contributed by atoms with E-state index in [1.165, 1.54) is 41.7 Å². The minimum absolute atomic E-state index is 0.0831. The third-order valence-electron chi connectivity index (χ3n) is 4.03. The quantitative estimate of drug-likeness (QED) is 0.344. The maximum atomic E-state index is 13.0. The SMILES string of the molecule is O=C(OCc1nc(-c2ccc(F)cc2)no1)c1ccccc1C(=O)c1cccs1. The monoisotopic (exact) mass is 408 g/mol. The minimum Gasteiger partial charge on any atom is -0.452 e. The highest BCUT2D eigenvalue weighted by atomic mass is 32.1. The summed E-state index contributed by atoms with van der Waals surface area (Å²) in [7, 11) is 0. The Hall–Kier alpha value is -3.65. The van der Waals surface area contributed by atoms with E-state index < -0.39 is 5.97 Å². The molecule has 0 bridgehead atoms. The minimum atomic E-state index is -0.674. The molecule has 0 saturated carbocycles. The van der Waals surface area contributed by atoms with E-state index in [0.29, 0.717) is 10.4 Å². The second kappa shape index (κ2) is 8.15. The lowest BCUT2D eigenvalue weighted by molar-refractivity contribution is 0.0427. The topological polar surface area (TPSA) is 82.3 Å². The Morgan fingerprint density at radius 3 is 2.48 bits per heavy atom. The molecule has 2 heterocycles. The van der Waals surface area contributed by atoms with Crippen LogP contribution in [0.4, 0.5) is 4.39 Å². The van der Waals surface area contributed by atoms with Crippen molar-refractivity contribution in [3.05, 3.63) is 93.8 Å². The number of ketones is 1. The first-order valence-electron chi connectivity index (χ1n) is 8.54. The van der Waals surface area contributed by atoms with Crippen LogP contribution in [-0.2, 0) is 11.3 Å². The number of thiophene rings is 1.